The van der Waals surface area contributed by atoms with Crippen molar-refractivity contribution in [1.82, 2.24) is 0 Å². The van der Waals surface area contributed by atoms with Crippen molar-refractivity contribution in [1.29, 1.82) is 0 Å². The van der Waals surface area contributed by atoms with Crippen molar-refractivity contribution in [3.05, 3.63) is 59.1 Å². The van der Waals surface area contributed by atoms with Crippen molar-refractivity contribution in [2.45, 2.75) is 26.2 Å². The van der Waals surface area contributed by atoms with E-state index >= 15 is 0 Å². The van der Waals surface area contributed by atoms with Crippen LogP contribution in [-0.4, -0.2) is 5.11 Å². The predicted molar refractivity (Wildman–Crippen MR) is 96.3 cm³/mol. The molecule has 0 radical (unpaired) electrons. The zero-order chi connectivity index (χ0) is 15.1. The van der Waals surface area contributed by atoms with Gasteiger partial charge in [-0.05, 0) is 54.9 Å². The summed E-state index contributed by atoms with van der Waals surface area (Å²) in [6, 6.07) is 15.8. The molecular weight excluding hydrogens is 300 g/mol. The lowest BCUT2D eigenvalue weighted by molar-refractivity contribution is 0.796. The van der Waals surface area contributed by atoms with Gasteiger partial charge in [0.15, 0.2) is 5.11 Å². The first-order valence-electron chi connectivity index (χ1n) is 7.10. The maximum Gasteiger partial charge on any atom is 0.175 e. The molecule has 0 fully saturated rings. The number of aryl methyl sites for hydroxylation is 1. The number of thiocarbonyl (C=S) groups is 1. The number of nitrogens with one attached hydrogen (secondary N) is 2. The molecule has 0 spiro atoms. The minimum absolute atomic E-state index is 0.571. The summed E-state index contributed by atoms with van der Waals surface area (Å²) in [5, 5.41) is 7.67. The van der Waals surface area contributed by atoms with E-state index in [4.69, 9.17) is 23.8 Å². The molecule has 0 unspecified atom stereocenters. The molecular formula is C17H19ClN2S. The van der Waals surface area contributed by atoms with Crippen LogP contribution in [0.5, 0.6) is 0 Å². The van der Waals surface area contributed by atoms with Gasteiger partial charge < -0.3 is 10.6 Å². The van der Waals surface area contributed by atoms with Crippen LogP contribution >= 0.6 is 23.8 Å². The molecule has 2 rings (SSSR count). The van der Waals surface area contributed by atoms with Crippen molar-refractivity contribution in [3.63, 3.8) is 0 Å². The number of rotatable bonds is 5. The van der Waals surface area contributed by atoms with E-state index in [1.165, 1.54) is 18.4 Å². The number of halogens is 1. The highest BCUT2D eigenvalue weighted by atomic mass is 35.5. The molecule has 0 saturated carbocycles. The first-order valence-corrected chi connectivity index (χ1v) is 7.89. The third kappa shape index (κ3) is 5.03. The summed E-state index contributed by atoms with van der Waals surface area (Å²) in [7, 11) is 0. The van der Waals surface area contributed by atoms with Crippen molar-refractivity contribution in [2.24, 2.45) is 0 Å². The monoisotopic (exact) mass is 318 g/mol. The summed E-state index contributed by atoms with van der Waals surface area (Å²) in [5.41, 5.74) is 3.23. The van der Waals surface area contributed by atoms with Crippen molar-refractivity contribution in [3.8, 4) is 0 Å². The van der Waals surface area contributed by atoms with E-state index in [0.29, 0.717) is 10.1 Å². The van der Waals surface area contributed by atoms with Gasteiger partial charge in [0.1, 0.15) is 0 Å². The molecule has 2 aromatic rings. The molecule has 0 aliphatic heterocycles. The molecule has 110 valence electrons. The summed E-state index contributed by atoms with van der Waals surface area (Å²) >= 11 is 11.3. The van der Waals surface area contributed by atoms with Crippen LogP contribution in [0.3, 0.4) is 0 Å². The van der Waals surface area contributed by atoms with Crippen LogP contribution in [0.2, 0.25) is 5.02 Å². The van der Waals surface area contributed by atoms with Gasteiger partial charge in [0, 0.05) is 16.4 Å². The third-order valence-corrected chi connectivity index (χ3v) is 3.59. The summed E-state index contributed by atoms with van der Waals surface area (Å²) in [6.07, 6.45) is 3.41. The Labute approximate surface area is 136 Å². The quantitative estimate of drug-likeness (QED) is 0.713. The fourth-order valence-corrected chi connectivity index (χ4v) is 2.50. The maximum absolute atomic E-state index is 5.97. The highest BCUT2D eigenvalue weighted by Gasteiger charge is 2.04. The van der Waals surface area contributed by atoms with Gasteiger partial charge in [0.25, 0.3) is 0 Å². The average molecular weight is 319 g/mol. The molecule has 2 nitrogen and oxygen atoms in total. The van der Waals surface area contributed by atoms with E-state index < -0.39 is 0 Å². The van der Waals surface area contributed by atoms with Crippen LogP contribution in [-0.2, 0) is 6.42 Å². The second-order valence-electron chi connectivity index (χ2n) is 4.85. The summed E-state index contributed by atoms with van der Waals surface area (Å²) in [6.45, 7) is 2.20. The second-order valence-corrected chi connectivity index (χ2v) is 5.69. The van der Waals surface area contributed by atoms with Crippen LogP contribution in [0, 0.1) is 0 Å². The van der Waals surface area contributed by atoms with Gasteiger partial charge in [-0.2, -0.15) is 0 Å². The summed E-state index contributed by atoms with van der Waals surface area (Å²) in [5.74, 6) is 0. The van der Waals surface area contributed by atoms with E-state index in [1.807, 2.05) is 30.3 Å². The lowest BCUT2D eigenvalue weighted by atomic mass is 10.1. The molecule has 0 atom stereocenters. The molecule has 0 amide bonds. The van der Waals surface area contributed by atoms with E-state index in [0.717, 1.165) is 17.8 Å². The molecule has 0 aliphatic carbocycles. The number of unbranched alkanes of at least 4 members (excludes halogenated alkanes) is 1. The molecule has 4 heteroatoms. The molecule has 0 bridgehead atoms. The first-order chi connectivity index (χ1) is 10.2. The Morgan fingerprint density at radius 3 is 2.67 bits per heavy atom. The lowest BCUT2D eigenvalue weighted by Crippen LogP contribution is -2.19. The lowest BCUT2D eigenvalue weighted by Gasteiger charge is -2.14. The van der Waals surface area contributed by atoms with Gasteiger partial charge in [-0.25, -0.2) is 0 Å². The van der Waals surface area contributed by atoms with E-state index in [9.17, 15) is 0 Å². The largest absolute Gasteiger partial charge is 0.332 e. The fraction of sp³-hybridized carbons (Fsp3) is 0.235. The molecule has 0 heterocycles. The number of para-hydroxylation sites is 1. The standard InChI is InChI=1S/C17H19ClN2S/c1-2-3-7-13-8-4-5-11-16(13)20-17(21)19-15-10-6-9-14(18)12-15/h4-6,8-12H,2-3,7H2,1H3,(H2,19,20,21). The summed E-state index contributed by atoms with van der Waals surface area (Å²) in [4.78, 5) is 0. The highest BCUT2D eigenvalue weighted by molar-refractivity contribution is 7.80. The van der Waals surface area contributed by atoms with E-state index in [-0.39, 0.29) is 0 Å². The van der Waals surface area contributed by atoms with Crippen LogP contribution in [0.15, 0.2) is 48.5 Å². The second kappa shape index (κ2) is 8.01. The van der Waals surface area contributed by atoms with Gasteiger partial charge in [-0.15, -0.1) is 0 Å². The fourth-order valence-electron chi connectivity index (χ4n) is 2.08. The number of hydrogen-bond donors (Lipinski definition) is 2. The number of hydrogen-bond acceptors (Lipinski definition) is 1. The van der Waals surface area contributed by atoms with E-state index in [1.54, 1.807) is 0 Å². The van der Waals surface area contributed by atoms with Crippen LogP contribution in [0.4, 0.5) is 11.4 Å². The first kappa shape index (κ1) is 15.8. The average Bonchev–Trinajstić information content (AvgIpc) is 2.46. The smallest absolute Gasteiger partial charge is 0.175 e. The SMILES string of the molecule is CCCCc1ccccc1NC(=S)Nc1cccc(Cl)c1. The van der Waals surface area contributed by atoms with Gasteiger partial charge >= 0.3 is 0 Å². The molecule has 0 aromatic heterocycles. The zero-order valence-corrected chi connectivity index (χ0v) is 13.6. The van der Waals surface area contributed by atoms with Crippen LogP contribution < -0.4 is 10.6 Å². The topological polar surface area (TPSA) is 24.1 Å². The van der Waals surface area contributed by atoms with Gasteiger partial charge in [0.05, 0.1) is 0 Å². The van der Waals surface area contributed by atoms with Crippen molar-refractivity contribution < 1.29 is 0 Å². The summed E-state index contributed by atoms with van der Waals surface area (Å²) < 4.78 is 0. The number of anilines is 2. The number of benzene rings is 2. The van der Waals surface area contributed by atoms with Crippen LogP contribution in [0.25, 0.3) is 0 Å². The molecule has 2 aromatic carbocycles. The van der Waals surface area contributed by atoms with Crippen molar-refractivity contribution in [2.75, 3.05) is 10.6 Å². The molecule has 21 heavy (non-hydrogen) atoms. The third-order valence-electron chi connectivity index (χ3n) is 3.15. The minimum atomic E-state index is 0.571. The van der Waals surface area contributed by atoms with E-state index in [2.05, 4.69) is 35.8 Å². The Morgan fingerprint density at radius 1 is 1.10 bits per heavy atom. The zero-order valence-electron chi connectivity index (χ0n) is 12.0. The molecule has 0 aliphatic rings. The Morgan fingerprint density at radius 2 is 1.90 bits per heavy atom. The van der Waals surface area contributed by atoms with Gasteiger partial charge in [-0.3, -0.25) is 0 Å². The van der Waals surface area contributed by atoms with Crippen molar-refractivity contribution >= 4 is 40.3 Å². The Kier molecular flexibility index (Phi) is 6.03. The minimum Gasteiger partial charge on any atom is -0.332 e. The maximum atomic E-state index is 5.97. The Bertz CT molecular complexity index is 613. The predicted octanol–water partition coefficient (Wildman–Crippen LogP) is 5.49. The molecule has 0 saturated heterocycles. The Balaban J connectivity index is 2.02. The highest BCUT2D eigenvalue weighted by Crippen LogP contribution is 2.19. The van der Waals surface area contributed by atoms with Gasteiger partial charge in [0.2, 0.25) is 0 Å². The van der Waals surface area contributed by atoms with Gasteiger partial charge in [-0.1, -0.05) is 49.2 Å². The Hall–Kier alpha value is -1.58. The normalized spacial score (nSPS) is 10.2. The molecule has 2 N–H and O–H groups in total. The van der Waals surface area contributed by atoms with Crippen LogP contribution in [0.1, 0.15) is 25.3 Å².